The van der Waals surface area contributed by atoms with E-state index in [1.165, 1.54) is 12.1 Å². The van der Waals surface area contributed by atoms with Gasteiger partial charge >= 0.3 is 12.2 Å². The highest BCUT2D eigenvalue weighted by Crippen LogP contribution is 2.31. The van der Waals surface area contributed by atoms with Crippen LogP contribution in [0.5, 0.6) is 11.9 Å². The molecule has 12 heteroatoms. The number of benzene rings is 1. The molecule has 0 saturated carbocycles. The van der Waals surface area contributed by atoms with Crippen LogP contribution in [0, 0.1) is 0 Å². The van der Waals surface area contributed by atoms with Crippen molar-refractivity contribution >= 4 is 29.2 Å². The lowest BCUT2D eigenvalue weighted by Gasteiger charge is -2.30. The van der Waals surface area contributed by atoms with Gasteiger partial charge in [-0.3, -0.25) is 0 Å². The molecule has 1 unspecified atom stereocenters. The fraction of sp³-hybridized carbons (Fsp3) is 0.300. The molecule has 1 fully saturated rings. The summed E-state index contributed by atoms with van der Waals surface area (Å²) in [5, 5.41) is 13.0. The van der Waals surface area contributed by atoms with Gasteiger partial charge in [0.05, 0.1) is 11.7 Å². The monoisotopic (exact) mass is 466 g/mol. The fourth-order valence-corrected chi connectivity index (χ4v) is 3.32. The Labute approximate surface area is 186 Å². The van der Waals surface area contributed by atoms with E-state index in [-0.39, 0.29) is 34.6 Å². The molecule has 0 bridgehead atoms. The van der Waals surface area contributed by atoms with E-state index < -0.39 is 17.8 Å². The lowest BCUT2D eigenvalue weighted by molar-refractivity contribution is -0.137. The van der Waals surface area contributed by atoms with Crippen LogP contribution in [-0.4, -0.2) is 44.2 Å². The zero-order valence-electron chi connectivity index (χ0n) is 16.6. The number of hydrogen-bond donors (Lipinski definition) is 2. The van der Waals surface area contributed by atoms with E-state index in [0.29, 0.717) is 19.5 Å². The second-order valence-corrected chi connectivity index (χ2v) is 7.48. The Hall–Kier alpha value is -3.18. The quantitative estimate of drug-likeness (QED) is 0.533. The lowest BCUT2D eigenvalue weighted by atomic mass is 10.1. The van der Waals surface area contributed by atoms with Crippen LogP contribution in [0.4, 0.5) is 30.8 Å². The summed E-state index contributed by atoms with van der Waals surface area (Å²) in [5.74, 6) is 0.329. The summed E-state index contributed by atoms with van der Waals surface area (Å²) >= 11 is 5.89. The van der Waals surface area contributed by atoms with Crippen molar-refractivity contribution in [2.75, 3.05) is 23.3 Å². The molecule has 8 nitrogen and oxygen atoms in total. The number of β-amino-alcohol motifs (C(OH)–C–C–N with tert-alkyl or cyclic N) is 1. The van der Waals surface area contributed by atoms with Crippen LogP contribution in [0.2, 0.25) is 5.15 Å². The molecule has 0 amide bonds. The standard InChI is InChI=1S/C20H18ClF3N6O2/c21-15-7-2-8-16(26-15)32-19-28-17(25-13-5-1-4-12(10-13)20(22,23)24)27-18(29-19)30-9-3-6-14(31)11-30/h1-2,4-5,7-8,10,14,31H,3,6,9,11H2,(H,25,27,28,29). The SMILES string of the molecule is OC1CCCN(c2nc(Nc3cccc(C(F)(F)F)c3)nc(Oc3cccc(Cl)n3)n2)C1. The van der Waals surface area contributed by atoms with Gasteiger partial charge in [-0.05, 0) is 37.1 Å². The van der Waals surface area contributed by atoms with Crippen LogP contribution in [0.3, 0.4) is 0 Å². The summed E-state index contributed by atoms with van der Waals surface area (Å²) < 4.78 is 44.8. The number of aliphatic hydroxyl groups is 1. The number of ether oxygens (including phenoxy) is 1. The molecule has 4 rings (SSSR count). The number of hydrogen-bond acceptors (Lipinski definition) is 8. The molecule has 1 atom stereocenters. The predicted octanol–water partition coefficient (Wildman–Crippen LogP) is 4.44. The van der Waals surface area contributed by atoms with Crippen LogP contribution in [0.25, 0.3) is 0 Å². The molecule has 3 heterocycles. The molecule has 32 heavy (non-hydrogen) atoms. The van der Waals surface area contributed by atoms with E-state index >= 15 is 0 Å². The molecule has 0 spiro atoms. The number of aliphatic hydroxyl groups excluding tert-OH is 1. The topological polar surface area (TPSA) is 96.3 Å². The van der Waals surface area contributed by atoms with Gasteiger partial charge in [-0.15, -0.1) is 0 Å². The van der Waals surface area contributed by atoms with E-state index in [9.17, 15) is 18.3 Å². The van der Waals surface area contributed by atoms with Crippen molar-refractivity contribution in [3.05, 3.63) is 53.2 Å². The molecule has 2 N–H and O–H groups in total. The maximum Gasteiger partial charge on any atom is 0.416 e. The van der Waals surface area contributed by atoms with Crippen molar-refractivity contribution in [3.63, 3.8) is 0 Å². The third-order valence-electron chi connectivity index (χ3n) is 4.61. The van der Waals surface area contributed by atoms with Gasteiger partial charge in [-0.25, -0.2) is 4.98 Å². The normalized spacial score (nSPS) is 16.7. The maximum atomic E-state index is 13.1. The second kappa shape index (κ2) is 9.13. The first kappa shape index (κ1) is 22.0. The van der Waals surface area contributed by atoms with Crippen molar-refractivity contribution in [1.82, 2.24) is 19.9 Å². The van der Waals surface area contributed by atoms with Crippen molar-refractivity contribution in [2.24, 2.45) is 0 Å². The van der Waals surface area contributed by atoms with E-state index in [0.717, 1.165) is 18.6 Å². The number of aromatic nitrogens is 4. The highest BCUT2D eigenvalue weighted by molar-refractivity contribution is 6.29. The van der Waals surface area contributed by atoms with Gasteiger partial charge < -0.3 is 20.1 Å². The van der Waals surface area contributed by atoms with E-state index in [2.05, 4.69) is 25.3 Å². The van der Waals surface area contributed by atoms with Gasteiger partial charge in [-0.1, -0.05) is 23.7 Å². The molecule has 0 radical (unpaired) electrons. The second-order valence-electron chi connectivity index (χ2n) is 7.09. The summed E-state index contributed by atoms with van der Waals surface area (Å²) in [6.45, 7) is 0.904. The number of pyridine rings is 1. The van der Waals surface area contributed by atoms with E-state index in [1.807, 2.05) is 0 Å². The van der Waals surface area contributed by atoms with Gasteiger partial charge in [0, 0.05) is 24.8 Å². The van der Waals surface area contributed by atoms with Gasteiger partial charge in [0.25, 0.3) is 0 Å². The highest BCUT2D eigenvalue weighted by atomic mass is 35.5. The Morgan fingerprint density at radius 2 is 1.91 bits per heavy atom. The minimum absolute atomic E-state index is 0.0218. The Morgan fingerprint density at radius 1 is 1.09 bits per heavy atom. The first-order valence-electron chi connectivity index (χ1n) is 9.70. The van der Waals surface area contributed by atoms with Gasteiger partial charge in [-0.2, -0.15) is 28.1 Å². The van der Waals surface area contributed by atoms with Crippen molar-refractivity contribution < 1.29 is 23.0 Å². The number of anilines is 3. The largest absolute Gasteiger partial charge is 0.416 e. The number of alkyl halides is 3. The summed E-state index contributed by atoms with van der Waals surface area (Å²) in [7, 11) is 0. The number of rotatable bonds is 5. The molecule has 2 aromatic heterocycles. The molecular weight excluding hydrogens is 449 g/mol. The molecule has 1 saturated heterocycles. The van der Waals surface area contributed by atoms with Gasteiger partial charge in [0.2, 0.25) is 17.8 Å². The first-order valence-corrected chi connectivity index (χ1v) is 10.1. The molecule has 1 aliphatic rings. The van der Waals surface area contributed by atoms with Crippen molar-refractivity contribution in [1.29, 1.82) is 0 Å². The van der Waals surface area contributed by atoms with Gasteiger partial charge in [0.1, 0.15) is 5.15 Å². The number of halogens is 4. The van der Waals surface area contributed by atoms with Crippen LogP contribution in [0.15, 0.2) is 42.5 Å². The number of piperidine rings is 1. The molecule has 0 aliphatic carbocycles. The Balaban J connectivity index is 1.66. The number of nitrogens with one attached hydrogen (secondary N) is 1. The Bertz CT molecular complexity index is 1100. The van der Waals surface area contributed by atoms with Crippen LogP contribution in [0.1, 0.15) is 18.4 Å². The molecule has 1 aliphatic heterocycles. The summed E-state index contributed by atoms with van der Waals surface area (Å²) in [4.78, 5) is 18.5. The third kappa shape index (κ3) is 5.54. The minimum atomic E-state index is -4.49. The summed E-state index contributed by atoms with van der Waals surface area (Å²) in [5.41, 5.74) is -0.669. The van der Waals surface area contributed by atoms with Crippen LogP contribution in [-0.2, 0) is 6.18 Å². The molecular formula is C20H18ClF3N6O2. The zero-order chi connectivity index (χ0) is 22.7. The average molecular weight is 467 g/mol. The molecule has 1 aromatic carbocycles. The van der Waals surface area contributed by atoms with Gasteiger partial charge in [0.15, 0.2) is 0 Å². The smallest absolute Gasteiger partial charge is 0.405 e. The van der Waals surface area contributed by atoms with Crippen LogP contribution < -0.4 is 15.0 Å². The summed E-state index contributed by atoms with van der Waals surface area (Å²) in [6.07, 6.45) is -3.64. The van der Waals surface area contributed by atoms with Crippen molar-refractivity contribution in [3.8, 4) is 11.9 Å². The van der Waals surface area contributed by atoms with Crippen LogP contribution >= 0.6 is 11.6 Å². The Morgan fingerprint density at radius 3 is 2.66 bits per heavy atom. The first-order chi connectivity index (χ1) is 15.3. The van der Waals surface area contributed by atoms with E-state index in [1.54, 1.807) is 23.1 Å². The third-order valence-corrected chi connectivity index (χ3v) is 4.82. The average Bonchev–Trinajstić information content (AvgIpc) is 2.73. The van der Waals surface area contributed by atoms with Crippen molar-refractivity contribution in [2.45, 2.75) is 25.1 Å². The summed E-state index contributed by atoms with van der Waals surface area (Å²) in [6, 6.07) is 9.30. The Kier molecular flexibility index (Phi) is 6.28. The maximum absolute atomic E-state index is 13.1. The van der Waals surface area contributed by atoms with E-state index in [4.69, 9.17) is 16.3 Å². The number of nitrogens with zero attached hydrogens (tertiary/aromatic N) is 5. The zero-order valence-corrected chi connectivity index (χ0v) is 17.3. The lowest BCUT2D eigenvalue weighted by Crippen LogP contribution is -2.39. The molecule has 3 aromatic rings. The highest BCUT2D eigenvalue weighted by Gasteiger charge is 2.30. The molecule has 168 valence electrons. The minimum Gasteiger partial charge on any atom is -0.405 e. The fourth-order valence-electron chi connectivity index (χ4n) is 3.17. The predicted molar refractivity (Wildman–Crippen MR) is 111 cm³/mol.